The van der Waals surface area contributed by atoms with Crippen molar-refractivity contribution in [2.24, 2.45) is 5.73 Å². The van der Waals surface area contributed by atoms with Gasteiger partial charge in [-0.2, -0.15) is 0 Å². The van der Waals surface area contributed by atoms with Crippen molar-refractivity contribution >= 4 is 31.8 Å². The van der Waals surface area contributed by atoms with Crippen molar-refractivity contribution in [2.75, 3.05) is 4.72 Å². The number of hydrogen-bond donors (Lipinski definition) is 2. The Hall–Kier alpha value is -1.44. The predicted molar refractivity (Wildman–Crippen MR) is 86.5 cm³/mol. The molecule has 2 aromatic rings. The lowest BCUT2D eigenvalue weighted by atomic mass is 10.1. The van der Waals surface area contributed by atoms with Crippen LogP contribution in [0.4, 0.5) is 5.82 Å². The number of halogens is 1. The molecule has 7 heteroatoms. The highest BCUT2D eigenvalue weighted by atomic mass is 79.9. The highest BCUT2D eigenvalue weighted by molar-refractivity contribution is 9.10. The van der Waals surface area contributed by atoms with Gasteiger partial charge in [-0.15, -0.1) is 0 Å². The second kappa shape index (κ2) is 6.55. The van der Waals surface area contributed by atoms with Crippen LogP contribution in [0.25, 0.3) is 0 Å². The summed E-state index contributed by atoms with van der Waals surface area (Å²) in [5.74, 6) is 0.276. The number of aryl methyl sites for hydroxylation is 1. The van der Waals surface area contributed by atoms with Crippen LogP contribution in [0.2, 0.25) is 0 Å². The molecule has 0 saturated heterocycles. The average molecular weight is 370 g/mol. The number of sulfonamides is 1. The van der Waals surface area contributed by atoms with Gasteiger partial charge in [-0.25, -0.2) is 13.4 Å². The lowest BCUT2D eigenvalue weighted by Gasteiger charge is -2.12. The van der Waals surface area contributed by atoms with Crippen molar-refractivity contribution in [3.8, 4) is 0 Å². The normalized spacial score (nSPS) is 11.4. The molecule has 112 valence electrons. The van der Waals surface area contributed by atoms with E-state index in [0.29, 0.717) is 13.0 Å². The van der Waals surface area contributed by atoms with Crippen molar-refractivity contribution in [2.45, 2.75) is 24.8 Å². The first-order valence-corrected chi connectivity index (χ1v) is 8.70. The first kappa shape index (κ1) is 15.9. The third kappa shape index (κ3) is 3.81. The highest BCUT2D eigenvalue weighted by Gasteiger charge is 2.19. The van der Waals surface area contributed by atoms with E-state index < -0.39 is 10.0 Å². The first-order valence-electron chi connectivity index (χ1n) is 6.42. The topological polar surface area (TPSA) is 85.1 Å². The zero-order chi connectivity index (χ0) is 15.5. The number of rotatable bonds is 5. The summed E-state index contributed by atoms with van der Waals surface area (Å²) in [6.07, 6.45) is 2.16. The Labute approximate surface area is 132 Å². The fourth-order valence-electron chi connectivity index (χ4n) is 1.90. The summed E-state index contributed by atoms with van der Waals surface area (Å²) in [5, 5.41) is 0. The number of pyridine rings is 1. The molecule has 0 aliphatic rings. The number of aromatic nitrogens is 1. The summed E-state index contributed by atoms with van der Waals surface area (Å²) >= 11 is 3.26. The fourth-order valence-corrected chi connectivity index (χ4v) is 3.50. The molecule has 0 aliphatic carbocycles. The van der Waals surface area contributed by atoms with Gasteiger partial charge in [0.05, 0.1) is 4.90 Å². The number of anilines is 1. The quantitative estimate of drug-likeness (QED) is 0.848. The molecule has 0 saturated carbocycles. The minimum absolute atomic E-state index is 0.248. The van der Waals surface area contributed by atoms with Gasteiger partial charge in [0.1, 0.15) is 5.82 Å². The third-order valence-corrected chi connectivity index (χ3v) is 4.91. The predicted octanol–water partition coefficient (Wildman–Crippen LogP) is 2.67. The van der Waals surface area contributed by atoms with E-state index in [1.807, 2.05) is 13.0 Å². The summed E-state index contributed by atoms with van der Waals surface area (Å²) < 4.78 is 28.3. The van der Waals surface area contributed by atoms with Crippen molar-refractivity contribution in [1.82, 2.24) is 4.98 Å². The summed E-state index contributed by atoms with van der Waals surface area (Å²) in [5.41, 5.74) is 7.11. The molecule has 0 bridgehead atoms. The van der Waals surface area contributed by atoms with Crippen LogP contribution in [-0.2, 0) is 23.0 Å². The van der Waals surface area contributed by atoms with Crippen LogP contribution in [0.1, 0.15) is 18.1 Å². The lowest BCUT2D eigenvalue weighted by Crippen LogP contribution is -2.16. The van der Waals surface area contributed by atoms with Crippen LogP contribution < -0.4 is 10.5 Å². The van der Waals surface area contributed by atoms with Gasteiger partial charge in [0.25, 0.3) is 10.0 Å². The van der Waals surface area contributed by atoms with E-state index >= 15 is 0 Å². The van der Waals surface area contributed by atoms with E-state index in [0.717, 1.165) is 15.6 Å². The van der Waals surface area contributed by atoms with Gasteiger partial charge in [0.2, 0.25) is 0 Å². The summed E-state index contributed by atoms with van der Waals surface area (Å²) in [6, 6.07) is 8.57. The second-order valence-electron chi connectivity index (χ2n) is 4.47. The van der Waals surface area contributed by atoms with Gasteiger partial charge in [-0.3, -0.25) is 4.72 Å². The Morgan fingerprint density at radius 3 is 2.62 bits per heavy atom. The molecule has 1 heterocycles. The Balaban J connectivity index is 2.41. The van der Waals surface area contributed by atoms with E-state index in [2.05, 4.69) is 25.6 Å². The first-order chi connectivity index (χ1) is 9.96. The Morgan fingerprint density at radius 2 is 2.05 bits per heavy atom. The number of hydrogen-bond acceptors (Lipinski definition) is 4. The van der Waals surface area contributed by atoms with E-state index in [-0.39, 0.29) is 10.7 Å². The largest absolute Gasteiger partial charge is 0.326 e. The number of nitrogens with one attached hydrogen (secondary N) is 1. The number of benzene rings is 1. The SMILES string of the molecule is CCc1ccc(CN)cc1S(=O)(=O)Nc1ccc(Br)cn1. The maximum Gasteiger partial charge on any atom is 0.263 e. The molecule has 1 aromatic heterocycles. The monoisotopic (exact) mass is 369 g/mol. The zero-order valence-electron chi connectivity index (χ0n) is 11.5. The molecular weight excluding hydrogens is 354 g/mol. The molecule has 0 fully saturated rings. The standard InChI is InChI=1S/C14H16BrN3O2S/c1-2-11-4-3-10(8-16)7-13(11)21(19,20)18-14-6-5-12(15)9-17-14/h3-7,9H,2,8,16H2,1H3,(H,17,18). The van der Waals surface area contributed by atoms with Gasteiger partial charge in [-0.05, 0) is 51.7 Å². The smallest absolute Gasteiger partial charge is 0.263 e. The van der Waals surface area contributed by atoms with Crippen molar-refractivity contribution in [3.05, 3.63) is 52.1 Å². The highest BCUT2D eigenvalue weighted by Crippen LogP contribution is 2.21. The van der Waals surface area contributed by atoms with Gasteiger partial charge in [-0.1, -0.05) is 19.1 Å². The minimum Gasteiger partial charge on any atom is -0.326 e. The lowest BCUT2D eigenvalue weighted by molar-refractivity contribution is 0.600. The molecule has 5 nitrogen and oxygen atoms in total. The van der Waals surface area contributed by atoms with Gasteiger partial charge in [0, 0.05) is 17.2 Å². The molecule has 0 aliphatic heterocycles. The van der Waals surface area contributed by atoms with Gasteiger partial charge < -0.3 is 5.73 Å². The van der Waals surface area contributed by atoms with Gasteiger partial charge >= 0.3 is 0 Å². The summed E-state index contributed by atoms with van der Waals surface area (Å²) in [6.45, 7) is 2.21. The second-order valence-corrected chi connectivity index (χ2v) is 7.03. The number of nitrogens with zero attached hydrogens (tertiary/aromatic N) is 1. The molecular formula is C14H16BrN3O2S. The average Bonchev–Trinajstić information content (AvgIpc) is 2.48. The Kier molecular flexibility index (Phi) is 4.97. The molecule has 3 N–H and O–H groups in total. The van der Waals surface area contributed by atoms with Crippen LogP contribution in [0.5, 0.6) is 0 Å². The molecule has 0 amide bonds. The molecule has 21 heavy (non-hydrogen) atoms. The molecule has 0 spiro atoms. The van der Waals surface area contributed by atoms with E-state index in [1.165, 1.54) is 6.20 Å². The van der Waals surface area contributed by atoms with Crippen LogP contribution in [-0.4, -0.2) is 13.4 Å². The van der Waals surface area contributed by atoms with E-state index in [1.54, 1.807) is 24.3 Å². The van der Waals surface area contributed by atoms with Crippen molar-refractivity contribution in [1.29, 1.82) is 0 Å². The number of nitrogens with two attached hydrogens (primary N) is 1. The molecule has 2 rings (SSSR count). The zero-order valence-corrected chi connectivity index (χ0v) is 13.9. The minimum atomic E-state index is -3.68. The van der Waals surface area contributed by atoms with Crippen molar-refractivity contribution in [3.63, 3.8) is 0 Å². The Bertz CT molecular complexity index is 730. The summed E-state index contributed by atoms with van der Waals surface area (Å²) in [4.78, 5) is 4.27. The van der Waals surface area contributed by atoms with Crippen LogP contribution in [0.3, 0.4) is 0 Å². The van der Waals surface area contributed by atoms with Crippen LogP contribution in [0.15, 0.2) is 45.9 Å². The summed E-state index contributed by atoms with van der Waals surface area (Å²) in [7, 11) is -3.68. The molecule has 0 radical (unpaired) electrons. The maximum absolute atomic E-state index is 12.5. The van der Waals surface area contributed by atoms with Crippen molar-refractivity contribution < 1.29 is 8.42 Å². The fraction of sp³-hybridized carbons (Fsp3) is 0.214. The molecule has 0 unspecified atom stereocenters. The third-order valence-electron chi connectivity index (χ3n) is 3.00. The maximum atomic E-state index is 12.5. The van der Waals surface area contributed by atoms with Crippen LogP contribution >= 0.6 is 15.9 Å². The molecule has 1 aromatic carbocycles. The van der Waals surface area contributed by atoms with Gasteiger partial charge in [0.15, 0.2) is 0 Å². The molecule has 0 atom stereocenters. The van der Waals surface area contributed by atoms with E-state index in [9.17, 15) is 8.42 Å². The van der Waals surface area contributed by atoms with Crippen LogP contribution in [0, 0.1) is 0 Å². The Morgan fingerprint density at radius 1 is 1.29 bits per heavy atom. The van der Waals surface area contributed by atoms with E-state index in [4.69, 9.17) is 5.73 Å².